The molecule has 2 atom stereocenters. The van der Waals surface area contributed by atoms with Gasteiger partial charge in [-0.15, -0.1) is 0 Å². The highest BCUT2D eigenvalue weighted by Crippen LogP contribution is 1.94. The largest absolute Gasteiger partial charge is 0.480 e. The van der Waals surface area contributed by atoms with Crippen molar-refractivity contribution in [3.05, 3.63) is 0 Å². The molecule has 0 aromatic carbocycles. The van der Waals surface area contributed by atoms with Crippen molar-refractivity contribution in [2.45, 2.75) is 25.4 Å². The molecule has 0 aromatic heterocycles. The number of carbonyl (C=O) groups is 2. The number of amides is 2. The topological polar surface area (TPSA) is 90.9 Å². The molecule has 3 N–H and O–H groups in total. The zero-order valence-electron chi connectivity index (χ0n) is 11.4. The minimum atomic E-state index is -1.07. The molecule has 0 radical (unpaired) electrons. The maximum absolute atomic E-state index is 11.6. The minimum Gasteiger partial charge on any atom is -0.480 e. The molecule has 7 heteroatoms. The van der Waals surface area contributed by atoms with Crippen molar-refractivity contribution in [3.8, 4) is 0 Å². The molecular formula is C11H23N3O4. The first kappa shape index (κ1) is 16.7. The molecule has 0 fully saturated rings. The Morgan fingerprint density at radius 2 is 1.94 bits per heavy atom. The Bertz CT molecular complexity index is 271. The van der Waals surface area contributed by atoms with Crippen LogP contribution in [0.4, 0.5) is 4.79 Å². The number of nitrogens with one attached hydrogen (secondary N) is 2. The fourth-order valence-corrected chi connectivity index (χ4v) is 1.51. The molecule has 0 heterocycles. The number of rotatable bonds is 8. The predicted molar refractivity (Wildman–Crippen MR) is 67.6 cm³/mol. The van der Waals surface area contributed by atoms with Crippen molar-refractivity contribution in [2.75, 3.05) is 34.4 Å². The Hall–Kier alpha value is -1.34. The molecule has 0 spiro atoms. The molecule has 0 aliphatic rings. The smallest absolute Gasteiger partial charge is 0.326 e. The normalized spacial score (nSPS) is 14.1. The van der Waals surface area contributed by atoms with Gasteiger partial charge in [0.1, 0.15) is 6.04 Å². The number of carboxylic acids is 1. The van der Waals surface area contributed by atoms with E-state index in [0.717, 1.165) is 0 Å². The molecule has 0 aromatic rings. The molecule has 0 bridgehead atoms. The van der Waals surface area contributed by atoms with E-state index in [2.05, 4.69) is 10.6 Å². The van der Waals surface area contributed by atoms with E-state index in [4.69, 9.17) is 9.84 Å². The molecule has 106 valence electrons. The third kappa shape index (κ3) is 7.86. The van der Waals surface area contributed by atoms with Crippen molar-refractivity contribution in [3.63, 3.8) is 0 Å². The zero-order valence-corrected chi connectivity index (χ0v) is 11.4. The summed E-state index contributed by atoms with van der Waals surface area (Å²) in [6.45, 7) is 2.82. The lowest BCUT2D eigenvalue weighted by Crippen LogP contribution is -2.50. The number of nitrogens with zero attached hydrogens (tertiary/aromatic N) is 1. The van der Waals surface area contributed by atoms with Crippen LogP contribution in [-0.4, -0.2) is 68.4 Å². The average molecular weight is 261 g/mol. The first-order valence-electron chi connectivity index (χ1n) is 5.80. The van der Waals surface area contributed by atoms with Crippen molar-refractivity contribution in [1.29, 1.82) is 0 Å². The molecule has 2 unspecified atom stereocenters. The second-order valence-electron chi connectivity index (χ2n) is 4.45. The summed E-state index contributed by atoms with van der Waals surface area (Å²) in [5.41, 5.74) is 0. The summed E-state index contributed by atoms with van der Waals surface area (Å²) >= 11 is 0. The molecule has 2 amide bonds. The fourth-order valence-electron chi connectivity index (χ4n) is 1.51. The van der Waals surface area contributed by atoms with Crippen LogP contribution in [-0.2, 0) is 9.53 Å². The number of methoxy groups -OCH3 is 1. The maximum Gasteiger partial charge on any atom is 0.326 e. The van der Waals surface area contributed by atoms with Crippen LogP contribution in [0.1, 0.15) is 13.3 Å². The Labute approximate surface area is 107 Å². The van der Waals surface area contributed by atoms with Gasteiger partial charge >= 0.3 is 12.0 Å². The highest BCUT2D eigenvalue weighted by Gasteiger charge is 2.20. The molecule has 0 aliphatic carbocycles. The highest BCUT2D eigenvalue weighted by molar-refractivity contribution is 5.82. The molecule has 0 aliphatic heterocycles. The monoisotopic (exact) mass is 261 g/mol. The van der Waals surface area contributed by atoms with Gasteiger partial charge in [-0.25, -0.2) is 9.59 Å². The zero-order chi connectivity index (χ0) is 14.1. The number of ether oxygens (including phenoxy) is 1. The Morgan fingerprint density at radius 3 is 2.39 bits per heavy atom. The summed E-state index contributed by atoms with van der Waals surface area (Å²) in [6, 6.07) is -1.47. The van der Waals surface area contributed by atoms with Crippen LogP contribution in [0, 0.1) is 0 Å². The van der Waals surface area contributed by atoms with Gasteiger partial charge in [0.05, 0.1) is 0 Å². The predicted octanol–water partition coefficient (Wildman–Crippen LogP) is -0.275. The van der Waals surface area contributed by atoms with E-state index in [1.165, 1.54) is 7.11 Å². The van der Waals surface area contributed by atoms with Crippen LogP contribution in [0.2, 0.25) is 0 Å². The quantitative estimate of drug-likeness (QED) is 0.559. The van der Waals surface area contributed by atoms with Gasteiger partial charge in [-0.3, -0.25) is 0 Å². The van der Waals surface area contributed by atoms with E-state index >= 15 is 0 Å². The molecule has 7 nitrogen and oxygen atoms in total. The average Bonchev–Trinajstić information content (AvgIpc) is 2.22. The van der Waals surface area contributed by atoms with E-state index in [-0.39, 0.29) is 19.1 Å². The van der Waals surface area contributed by atoms with Gasteiger partial charge in [-0.2, -0.15) is 0 Å². The second-order valence-corrected chi connectivity index (χ2v) is 4.45. The van der Waals surface area contributed by atoms with Gasteiger partial charge in [0.15, 0.2) is 0 Å². The van der Waals surface area contributed by atoms with Crippen molar-refractivity contribution < 1.29 is 19.4 Å². The minimum absolute atomic E-state index is 0.0585. The van der Waals surface area contributed by atoms with Crippen LogP contribution in [0.25, 0.3) is 0 Å². The fraction of sp³-hybridized carbons (Fsp3) is 0.818. The van der Waals surface area contributed by atoms with Gasteiger partial charge in [-0.1, -0.05) is 0 Å². The van der Waals surface area contributed by atoms with E-state index in [0.29, 0.717) is 6.54 Å². The van der Waals surface area contributed by atoms with Crippen LogP contribution >= 0.6 is 0 Å². The van der Waals surface area contributed by atoms with Crippen LogP contribution in [0.3, 0.4) is 0 Å². The number of urea groups is 1. The lowest BCUT2D eigenvalue weighted by molar-refractivity contribution is -0.139. The molecule has 0 saturated heterocycles. The van der Waals surface area contributed by atoms with E-state index in [1.807, 2.05) is 25.9 Å². The second kappa shape index (κ2) is 8.71. The van der Waals surface area contributed by atoms with E-state index in [1.54, 1.807) is 0 Å². The molecule has 0 rings (SSSR count). The van der Waals surface area contributed by atoms with Gasteiger partial charge in [0.25, 0.3) is 0 Å². The molecule has 18 heavy (non-hydrogen) atoms. The first-order chi connectivity index (χ1) is 8.36. The van der Waals surface area contributed by atoms with Crippen LogP contribution in [0.5, 0.6) is 0 Å². The first-order valence-corrected chi connectivity index (χ1v) is 5.80. The lowest BCUT2D eigenvalue weighted by atomic mass is 10.2. The van der Waals surface area contributed by atoms with Gasteiger partial charge in [-0.05, 0) is 21.0 Å². The molecular weight excluding hydrogens is 238 g/mol. The van der Waals surface area contributed by atoms with Crippen molar-refractivity contribution in [1.82, 2.24) is 15.5 Å². The van der Waals surface area contributed by atoms with Crippen LogP contribution < -0.4 is 10.6 Å². The summed E-state index contributed by atoms with van der Waals surface area (Å²) in [6.07, 6.45) is 0.237. The summed E-state index contributed by atoms with van der Waals surface area (Å²) in [5, 5.41) is 14.0. The maximum atomic E-state index is 11.6. The summed E-state index contributed by atoms with van der Waals surface area (Å²) in [5.74, 6) is -1.07. The number of likely N-dealkylation sites (N-methyl/N-ethyl adjacent to an activating group) is 1. The summed E-state index contributed by atoms with van der Waals surface area (Å²) in [7, 11) is 5.28. The van der Waals surface area contributed by atoms with E-state index < -0.39 is 18.0 Å². The van der Waals surface area contributed by atoms with Gasteiger partial charge < -0.3 is 25.4 Å². The number of hydrogen-bond acceptors (Lipinski definition) is 4. The van der Waals surface area contributed by atoms with Crippen molar-refractivity contribution in [2.24, 2.45) is 0 Å². The Morgan fingerprint density at radius 1 is 1.33 bits per heavy atom. The van der Waals surface area contributed by atoms with E-state index in [9.17, 15) is 9.59 Å². The lowest BCUT2D eigenvalue weighted by Gasteiger charge is -2.20. The SMILES string of the molecule is COCCC(NC(=O)NC(C)CN(C)C)C(=O)O. The summed E-state index contributed by atoms with van der Waals surface area (Å²) in [4.78, 5) is 24.4. The number of carboxylic acid groups (broad SMARTS) is 1. The van der Waals surface area contributed by atoms with Crippen LogP contribution in [0.15, 0.2) is 0 Å². The third-order valence-electron chi connectivity index (χ3n) is 2.23. The van der Waals surface area contributed by atoms with Crippen molar-refractivity contribution >= 4 is 12.0 Å². The summed E-state index contributed by atoms with van der Waals surface area (Å²) < 4.78 is 4.80. The Kier molecular flexibility index (Phi) is 8.06. The Balaban J connectivity index is 4.12. The standard InChI is InChI=1S/C11H23N3O4/c1-8(7-14(2)3)12-11(17)13-9(10(15)16)5-6-18-4/h8-9H,5-7H2,1-4H3,(H,15,16)(H2,12,13,17). The van der Waals surface area contributed by atoms with Gasteiger partial charge in [0, 0.05) is 32.7 Å². The van der Waals surface area contributed by atoms with Gasteiger partial charge in [0.2, 0.25) is 0 Å². The number of carbonyl (C=O) groups excluding carboxylic acids is 1. The third-order valence-corrected chi connectivity index (χ3v) is 2.23. The molecule has 0 saturated carbocycles. The number of aliphatic carboxylic acids is 1. The number of hydrogen-bond donors (Lipinski definition) is 3. The highest BCUT2D eigenvalue weighted by atomic mass is 16.5.